The van der Waals surface area contributed by atoms with Crippen molar-refractivity contribution in [1.29, 1.82) is 0 Å². The van der Waals surface area contributed by atoms with Gasteiger partial charge in [0.05, 0.1) is 0 Å². The third-order valence-electron chi connectivity index (χ3n) is 1.84. The summed E-state index contributed by atoms with van der Waals surface area (Å²) in [5.74, 6) is 2.33. The molecule has 0 bridgehead atoms. The van der Waals surface area contributed by atoms with Crippen LogP contribution in [0.2, 0.25) is 0 Å². The van der Waals surface area contributed by atoms with Crippen LogP contribution in [-0.4, -0.2) is 13.6 Å². The first-order valence-electron chi connectivity index (χ1n) is 4.14. The lowest BCUT2D eigenvalue weighted by molar-refractivity contribution is 0.627. The Kier molecular flexibility index (Phi) is 3.33. The maximum Gasteiger partial charge on any atom is 0.125 e. The Balaban J connectivity index is 2.66. The molecule has 2 heteroatoms. The molecule has 0 amide bonds. The third-order valence-corrected chi connectivity index (χ3v) is 1.84. The van der Waals surface area contributed by atoms with E-state index in [2.05, 4.69) is 5.92 Å². The lowest BCUT2D eigenvalue weighted by Gasteiger charge is -2.17. The van der Waals surface area contributed by atoms with Gasteiger partial charge in [0, 0.05) is 25.7 Å². The zero-order valence-corrected chi connectivity index (χ0v) is 7.63. The molecule has 1 aromatic carbocycles. The number of hydrogen-bond acceptors (Lipinski definition) is 1. The summed E-state index contributed by atoms with van der Waals surface area (Å²) in [6.45, 7) is 0.750. The Bertz CT molecular complexity index is 314. The molecule has 68 valence electrons. The Hall–Kier alpha value is -1.49. The minimum atomic E-state index is -0.218. The Morgan fingerprint density at radius 2 is 2.31 bits per heavy atom. The lowest BCUT2D eigenvalue weighted by Crippen LogP contribution is -2.17. The molecule has 0 atom stereocenters. The second-order valence-electron chi connectivity index (χ2n) is 2.86. The maximum absolute atomic E-state index is 12.8. The fourth-order valence-electron chi connectivity index (χ4n) is 1.07. The van der Waals surface area contributed by atoms with Crippen molar-refractivity contribution in [2.45, 2.75) is 6.42 Å². The molecule has 0 aliphatic rings. The van der Waals surface area contributed by atoms with Crippen molar-refractivity contribution in [3.05, 3.63) is 30.1 Å². The number of anilines is 1. The first-order chi connectivity index (χ1) is 6.24. The molecule has 0 spiro atoms. The van der Waals surface area contributed by atoms with Crippen molar-refractivity contribution in [2.24, 2.45) is 0 Å². The highest BCUT2D eigenvalue weighted by atomic mass is 19.1. The van der Waals surface area contributed by atoms with Crippen LogP contribution in [0.4, 0.5) is 10.1 Å². The molecule has 0 saturated heterocycles. The molecule has 0 aliphatic carbocycles. The topological polar surface area (TPSA) is 3.24 Å². The van der Waals surface area contributed by atoms with Crippen molar-refractivity contribution in [2.75, 3.05) is 18.5 Å². The van der Waals surface area contributed by atoms with E-state index in [4.69, 9.17) is 6.42 Å². The van der Waals surface area contributed by atoms with E-state index < -0.39 is 0 Å². The molecule has 0 N–H and O–H groups in total. The second-order valence-corrected chi connectivity index (χ2v) is 2.86. The fourth-order valence-corrected chi connectivity index (χ4v) is 1.07. The summed E-state index contributed by atoms with van der Waals surface area (Å²) >= 11 is 0. The number of benzene rings is 1. The largest absolute Gasteiger partial charge is 0.374 e. The summed E-state index contributed by atoms with van der Waals surface area (Å²) in [7, 11) is 1.89. The van der Waals surface area contributed by atoms with Crippen molar-refractivity contribution in [3.8, 4) is 12.3 Å². The van der Waals surface area contributed by atoms with Gasteiger partial charge in [0.2, 0.25) is 0 Å². The molecule has 0 radical (unpaired) electrons. The number of halogens is 1. The predicted octanol–water partition coefficient (Wildman–Crippen LogP) is 2.29. The van der Waals surface area contributed by atoms with Crippen molar-refractivity contribution in [1.82, 2.24) is 0 Å². The SMILES string of the molecule is C#CCCN(C)c1cccc(F)c1. The molecule has 0 aliphatic heterocycles. The molecule has 1 rings (SSSR count). The van der Waals surface area contributed by atoms with Gasteiger partial charge in [-0.15, -0.1) is 12.3 Å². The zero-order chi connectivity index (χ0) is 9.68. The molecule has 1 nitrogen and oxygen atoms in total. The van der Waals surface area contributed by atoms with Gasteiger partial charge in [-0.3, -0.25) is 0 Å². The van der Waals surface area contributed by atoms with Gasteiger partial charge in [0.1, 0.15) is 5.82 Å². The van der Waals surface area contributed by atoms with Gasteiger partial charge in [0.25, 0.3) is 0 Å². The van der Waals surface area contributed by atoms with Gasteiger partial charge >= 0.3 is 0 Å². The monoisotopic (exact) mass is 177 g/mol. The molecule has 13 heavy (non-hydrogen) atoms. The van der Waals surface area contributed by atoms with Crippen LogP contribution < -0.4 is 4.90 Å². The Morgan fingerprint density at radius 1 is 1.54 bits per heavy atom. The van der Waals surface area contributed by atoms with E-state index in [1.54, 1.807) is 6.07 Å². The van der Waals surface area contributed by atoms with Crippen LogP contribution >= 0.6 is 0 Å². The van der Waals surface area contributed by atoms with E-state index >= 15 is 0 Å². The lowest BCUT2D eigenvalue weighted by atomic mass is 10.3. The summed E-state index contributed by atoms with van der Waals surface area (Å²) in [6, 6.07) is 6.48. The highest BCUT2D eigenvalue weighted by molar-refractivity contribution is 5.45. The molecule has 0 saturated carbocycles. The van der Waals surface area contributed by atoms with Crippen LogP contribution in [0.25, 0.3) is 0 Å². The van der Waals surface area contributed by atoms with Crippen LogP contribution in [0.1, 0.15) is 6.42 Å². The summed E-state index contributed by atoms with van der Waals surface area (Å²) in [4.78, 5) is 1.93. The number of terminal acetylenes is 1. The van der Waals surface area contributed by atoms with Crippen LogP contribution in [0.3, 0.4) is 0 Å². The van der Waals surface area contributed by atoms with Gasteiger partial charge in [-0.2, -0.15) is 0 Å². The molecule has 0 fully saturated rings. The quantitative estimate of drug-likeness (QED) is 0.640. The van der Waals surface area contributed by atoms with Gasteiger partial charge in [-0.05, 0) is 18.2 Å². The van der Waals surface area contributed by atoms with Crippen molar-refractivity contribution in [3.63, 3.8) is 0 Å². The highest BCUT2D eigenvalue weighted by Crippen LogP contribution is 2.13. The molecular weight excluding hydrogens is 165 g/mol. The van der Waals surface area contributed by atoms with E-state index in [1.807, 2.05) is 18.0 Å². The van der Waals surface area contributed by atoms with Gasteiger partial charge in [-0.25, -0.2) is 4.39 Å². The second kappa shape index (κ2) is 4.51. The average molecular weight is 177 g/mol. The third kappa shape index (κ3) is 2.79. The molecule has 1 aromatic rings. The first-order valence-corrected chi connectivity index (χ1v) is 4.14. The van der Waals surface area contributed by atoms with Gasteiger partial charge < -0.3 is 4.90 Å². The fraction of sp³-hybridized carbons (Fsp3) is 0.273. The summed E-state index contributed by atoms with van der Waals surface area (Å²) in [5, 5.41) is 0. The number of rotatable bonds is 3. The van der Waals surface area contributed by atoms with E-state index in [1.165, 1.54) is 12.1 Å². The molecule has 0 heterocycles. The zero-order valence-electron chi connectivity index (χ0n) is 7.63. The summed E-state index contributed by atoms with van der Waals surface area (Å²) in [6.07, 6.45) is 5.81. The van der Waals surface area contributed by atoms with Crippen LogP contribution in [-0.2, 0) is 0 Å². The van der Waals surface area contributed by atoms with Crippen LogP contribution in [0.15, 0.2) is 24.3 Å². The predicted molar refractivity (Wildman–Crippen MR) is 53.1 cm³/mol. The Morgan fingerprint density at radius 3 is 2.92 bits per heavy atom. The van der Waals surface area contributed by atoms with Crippen molar-refractivity contribution < 1.29 is 4.39 Å². The normalized spacial score (nSPS) is 9.31. The van der Waals surface area contributed by atoms with E-state index in [-0.39, 0.29) is 5.82 Å². The van der Waals surface area contributed by atoms with Gasteiger partial charge in [0.15, 0.2) is 0 Å². The number of hydrogen-bond donors (Lipinski definition) is 0. The van der Waals surface area contributed by atoms with Gasteiger partial charge in [-0.1, -0.05) is 6.07 Å². The van der Waals surface area contributed by atoms with E-state index in [0.29, 0.717) is 6.42 Å². The summed E-state index contributed by atoms with van der Waals surface area (Å²) < 4.78 is 12.8. The molecule has 0 unspecified atom stereocenters. The van der Waals surface area contributed by atoms with Crippen LogP contribution in [0.5, 0.6) is 0 Å². The average Bonchev–Trinajstić information content (AvgIpc) is 2.14. The molecular formula is C11H12FN. The van der Waals surface area contributed by atoms with Crippen LogP contribution in [0, 0.1) is 18.2 Å². The Labute approximate surface area is 78.2 Å². The first kappa shape index (κ1) is 9.60. The minimum absolute atomic E-state index is 0.218. The summed E-state index contributed by atoms with van der Waals surface area (Å²) in [5.41, 5.74) is 0.857. The van der Waals surface area contributed by atoms with Crippen molar-refractivity contribution >= 4 is 5.69 Å². The smallest absolute Gasteiger partial charge is 0.125 e. The molecule has 0 aromatic heterocycles. The number of nitrogens with zero attached hydrogens (tertiary/aromatic N) is 1. The maximum atomic E-state index is 12.8. The standard InChI is InChI=1S/C11H12FN/c1-3-4-8-13(2)11-7-5-6-10(12)9-11/h1,5-7,9H,4,8H2,2H3. The highest BCUT2D eigenvalue weighted by Gasteiger charge is 1.99. The van der Waals surface area contributed by atoms with E-state index in [9.17, 15) is 4.39 Å². The van der Waals surface area contributed by atoms with E-state index in [0.717, 1.165) is 12.2 Å². The minimum Gasteiger partial charge on any atom is -0.374 e.